The normalized spacial score (nSPS) is 18.9. The molecule has 0 atom stereocenters. The van der Waals surface area contributed by atoms with E-state index in [-0.39, 0.29) is 10.3 Å². The van der Waals surface area contributed by atoms with Crippen LogP contribution in [-0.2, 0) is 10.0 Å². The monoisotopic (exact) mass is 332 g/mol. The van der Waals surface area contributed by atoms with Crippen LogP contribution in [0, 0.1) is 5.41 Å². The quantitative estimate of drug-likeness (QED) is 0.842. The Morgan fingerprint density at radius 1 is 1.39 bits per heavy atom. The first-order valence-electron chi connectivity index (χ1n) is 6.04. The van der Waals surface area contributed by atoms with Crippen molar-refractivity contribution in [1.82, 2.24) is 9.71 Å². The number of sulfonamides is 1. The van der Waals surface area contributed by atoms with E-state index in [4.69, 9.17) is 0 Å². The predicted molar refractivity (Wildman–Crippen MR) is 74.1 cm³/mol. The lowest BCUT2D eigenvalue weighted by molar-refractivity contribution is 0.347. The van der Waals surface area contributed by atoms with Crippen molar-refractivity contribution in [2.45, 2.75) is 30.6 Å². The smallest absolute Gasteiger partial charge is 0.242 e. The average molecular weight is 333 g/mol. The highest BCUT2D eigenvalue weighted by molar-refractivity contribution is 9.09. The molecule has 2 rings (SSSR count). The maximum absolute atomic E-state index is 12.1. The van der Waals surface area contributed by atoms with Gasteiger partial charge in [-0.3, -0.25) is 4.98 Å². The number of hydrogen-bond donors (Lipinski definition) is 1. The Bertz CT molecular complexity index is 484. The first-order valence-corrected chi connectivity index (χ1v) is 8.64. The Hall–Kier alpha value is -0.460. The fourth-order valence-corrected chi connectivity index (χ4v) is 4.20. The predicted octanol–water partition coefficient (Wildman–Crippen LogP) is 2.32. The SMILES string of the molecule is O=S(=O)(NCC1(CBr)CCCC1)c1cccnc1. The third kappa shape index (κ3) is 3.10. The first-order chi connectivity index (χ1) is 8.58. The Labute approximate surface area is 116 Å². The van der Waals surface area contributed by atoms with Crippen LogP contribution >= 0.6 is 15.9 Å². The highest BCUT2D eigenvalue weighted by Crippen LogP contribution is 2.39. The van der Waals surface area contributed by atoms with Crippen molar-refractivity contribution in [3.63, 3.8) is 0 Å². The van der Waals surface area contributed by atoms with Gasteiger partial charge in [-0.25, -0.2) is 13.1 Å². The lowest BCUT2D eigenvalue weighted by Gasteiger charge is -2.26. The molecule has 1 fully saturated rings. The molecule has 1 aliphatic carbocycles. The van der Waals surface area contributed by atoms with E-state index in [9.17, 15) is 8.42 Å². The molecule has 18 heavy (non-hydrogen) atoms. The molecule has 0 spiro atoms. The number of nitrogens with one attached hydrogen (secondary N) is 1. The van der Waals surface area contributed by atoms with Crippen LogP contribution in [0.2, 0.25) is 0 Å². The molecule has 1 saturated carbocycles. The van der Waals surface area contributed by atoms with Crippen LogP contribution in [0.1, 0.15) is 25.7 Å². The van der Waals surface area contributed by atoms with Gasteiger partial charge in [0, 0.05) is 24.3 Å². The number of aromatic nitrogens is 1. The minimum atomic E-state index is -3.43. The molecule has 0 bridgehead atoms. The summed E-state index contributed by atoms with van der Waals surface area (Å²) in [5.74, 6) is 0. The summed E-state index contributed by atoms with van der Waals surface area (Å²) in [6.07, 6.45) is 7.45. The van der Waals surface area contributed by atoms with Crippen LogP contribution < -0.4 is 4.72 Å². The first kappa shape index (κ1) is 14.0. The molecule has 1 heterocycles. The molecule has 0 unspecified atom stereocenters. The topological polar surface area (TPSA) is 59.1 Å². The van der Waals surface area contributed by atoms with Gasteiger partial charge in [0.1, 0.15) is 4.90 Å². The van der Waals surface area contributed by atoms with E-state index >= 15 is 0 Å². The van der Waals surface area contributed by atoms with Crippen molar-refractivity contribution in [3.8, 4) is 0 Å². The van der Waals surface area contributed by atoms with Crippen LogP contribution in [0.3, 0.4) is 0 Å². The number of pyridine rings is 1. The van der Waals surface area contributed by atoms with Gasteiger partial charge < -0.3 is 0 Å². The van der Waals surface area contributed by atoms with E-state index in [2.05, 4.69) is 25.6 Å². The van der Waals surface area contributed by atoms with E-state index in [1.807, 2.05) is 0 Å². The summed E-state index contributed by atoms with van der Waals surface area (Å²) in [7, 11) is -3.43. The van der Waals surface area contributed by atoms with Gasteiger partial charge in [0.15, 0.2) is 0 Å². The van der Waals surface area contributed by atoms with E-state index < -0.39 is 10.0 Å². The molecule has 1 aromatic rings. The molecule has 0 amide bonds. The maximum atomic E-state index is 12.1. The minimum absolute atomic E-state index is 0.0786. The zero-order valence-electron chi connectivity index (χ0n) is 10.1. The van der Waals surface area contributed by atoms with Gasteiger partial charge in [-0.15, -0.1) is 0 Å². The molecule has 0 saturated heterocycles. The molecule has 0 radical (unpaired) electrons. The molecule has 1 N–H and O–H groups in total. The molecule has 4 nitrogen and oxygen atoms in total. The molecular weight excluding hydrogens is 316 g/mol. The molecule has 0 aliphatic heterocycles. The van der Waals surface area contributed by atoms with Crippen LogP contribution in [0.4, 0.5) is 0 Å². The standard InChI is InChI=1S/C12H17BrN2O2S/c13-9-12(5-1-2-6-12)10-15-18(16,17)11-4-3-7-14-8-11/h3-4,7-8,15H,1-2,5-6,9-10H2. The number of alkyl halides is 1. The number of rotatable bonds is 5. The number of halogens is 1. The van der Waals surface area contributed by atoms with Crippen LogP contribution in [-0.4, -0.2) is 25.3 Å². The summed E-state index contributed by atoms with van der Waals surface area (Å²) in [5.41, 5.74) is 0.0786. The van der Waals surface area contributed by atoms with Crippen molar-refractivity contribution in [2.75, 3.05) is 11.9 Å². The molecule has 1 aromatic heterocycles. The highest BCUT2D eigenvalue weighted by atomic mass is 79.9. The fraction of sp³-hybridized carbons (Fsp3) is 0.583. The summed E-state index contributed by atoms with van der Waals surface area (Å²) in [4.78, 5) is 4.07. The average Bonchev–Trinajstić information content (AvgIpc) is 2.87. The third-order valence-corrected chi connectivity index (χ3v) is 6.11. The Balaban J connectivity index is 2.06. The molecule has 6 heteroatoms. The molecule has 100 valence electrons. The number of hydrogen-bond acceptors (Lipinski definition) is 3. The lowest BCUT2D eigenvalue weighted by Crippen LogP contribution is -2.37. The van der Waals surface area contributed by atoms with E-state index in [0.29, 0.717) is 6.54 Å². The van der Waals surface area contributed by atoms with Crippen LogP contribution in [0.15, 0.2) is 29.4 Å². The van der Waals surface area contributed by atoms with Crippen molar-refractivity contribution >= 4 is 26.0 Å². The van der Waals surface area contributed by atoms with Crippen molar-refractivity contribution in [2.24, 2.45) is 5.41 Å². The highest BCUT2D eigenvalue weighted by Gasteiger charge is 2.34. The van der Waals surface area contributed by atoms with Gasteiger partial charge in [0.05, 0.1) is 0 Å². The third-order valence-electron chi connectivity index (χ3n) is 3.53. The second-order valence-corrected chi connectivity index (χ2v) is 7.18. The van der Waals surface area contributed by atoms with Gasteiger partial charge in [0.2, 0.25) is 10.0 Å². The van der Waals surface area contributed by atoms with E-state index in [1.165, 1.54) is 19.0 Å². The van der Waals surface area contributed by atoms with Gasteiger partial charge in [0.25, 0.3) is 0 Å². The molecule has 1 aliphatic rings. The van der Waals surface area contributed by atoms with Crippen LogP contribution in [0.25, 0.3) is 0 Å². The van der Waals surface area contributed by atoms with Crippen LogP contribution in [0.5, 0.6) is 0 Å². The second-order valence-electron chi connectivity index (χ2n) is 4.85. The molecular formula is C12H17BrN2O2S. The Morgan fingerprint density at radius 2 is 2.11 bits per heavy atom. The summed E-state index contributed by atoms with van der Waals surface area (Å²) < 4.78 is 26.9. The Morgan fingerprint density at radius 3 is 2.67 bits per heavy atom. The van der Waals surface area contributed by atoms with Gasteiger partial charge in [-0.05, 0) is 30.4 Å². The van der Waals surface area contributed by atoms with Gasteiger partial charge in [-0.1, -0.05) is 28.8 Å². The Kier molecular flexibility index (Phi) is 4.40. The summed E-state index contributed by atoms with van der Waals surface area (Å²) in [5, 5.41) is 0.843. The maximum Gasteiger partial charge on any atom is 0.242 e. The zero-order valence-corrected chi connectivity index (χ0v) is 12.5. The second kappa shape index (κ2) is 5.67. The minimum Gasteiger partial charge on any atom is -0.263 e. The van der Waals surface area contributed by atoms with E-state index in [0.717, 1.165) is 18.2 Å². The summed E-state index contributed by atoms with van der Waals surface area (Å²) >= 11 is 3.51. The van der Waals surface area contributed by atoms with Gasteiger partial charge >= 0.3 is 0 Å². The largest absolute Gasteiger partial charge is 0.263 e. The van der Waals surface area contributed by atoms with Crippen molar-refractivity contribution < 1.29 is 8.42 Å². The lowest BCUT2D eigenvalue weighted by atomic mass is 9.89. The molecule has 0 aromatic carbocycles. The van der Waals surface area contributed by atoms with Crippen molar-refractivity contribution in [1.29, 1.82) is 0 Å². The van der Waals surface area contributed by atoms with E-state index in [1.54, 1.807) is 18.3 Å². The fourth-order valence-electron chi connectivity index (χ4n) is 2.32. The summed E-state index contributed by atoms with van der Waals surface area (Å²) in [6.45, 7) is 0.496. The van der Waals surface area contributed by atoms with Crippen molar-refractivity contribution in [3.05, 3.63) is 24.5 Å². The number of nitrogens with zero attached hydrogens (tertiary/aromatic N) is 1. The summed E-state index contributed by atoms with van der Waals surface area (Å²) in [6, 6.07) is 3.19. The van der Waals surface area contributed by atoms with Gasteiger partial charge in [-0.2, -0.15) is 0 Å². The zero-order chi connectivity index (χ0) is 13.1.